The van der Waals surface area contributed by atoms with Crippen molar-refractivity contribution in [3.63, 3.8) is 0 Å². The average Bonchev–Trinajstić information content (AvgIpc) is 2.34. The first-order chi connectivity index (χ1) is 8.88. The molecule has 7 nitrogen and oxygen atoms in total. The number of ether oxygens (including phenoxy) is 2. The Hall–Kier alpha value is -1.63. The zero-order chi connectivity index (χ0) is 14.8. The molecule has 0 aromatic heterocycles. The van der Waals surface area contributed by atoms with Crippen LogP contribution in [0.15, 0.2) is 0 Å². The number of carbonyl (C=O) groups is 3. The maximum Gasteiger partial charge on any atom is 0.319 e. The number of amides is 1. The van der Waals surface area contributed by atoms with Crippen molar-refractivity contribution < 1.29 is 23.9 Å². The van der Waals surface area contributed by atoms with Crippen LogP contribution in [0.4, 0.5) is 0 Å². The van der Waals surface area contributed by atoms with Gasteiger partial charge in [0.25, 0.3) is 0 Å². The molecule has 0 atom stereocenters. The van der Waals surface area contributed by atoms with E-state index in [0.717, 1.165) is 0 Å². The molecule has 0 heterocycles. The van der Waals surface area contributed by atoms with Gasteiger partial charge in [0.15, 0.2) is 0 Å². The Morgan fingerprint density at radius 1 is 1.05 bits per heavy atom. The first-order valence-electron chi connectivity index (χ1n) is 6.04. The summed E-state index contributed by atoms with van der Waals surface area (Å²) < 4.78 is 9.07. The van der Waals surface area contributed by atoms with Gasteiger partial charge in [-0.15, -0.1) is 0 Å². The van der Waals surface area contributed by atoms with E-state index in [4.69, 9.17) is 0 Å². The van der Waals surface area contributed by atoms with Crippen molar-refractivity contribution in [1.29, 1.82) is 0 Å². The predicted octanol–water partition coefficient (Wildman–Crippen LogP) is -0.451. The molecule has 1 N–H and O–H groups in total. The molecule has 0 aliphatic heterocycles. The minimum absolute atomic E-state index is 0.0550. The van der Waals surface area contributed by atoms with Crippen molar-refractivity contribution in [2.24, 2.45) is 0 Å². The normalized spacial score (nSPS) is 10.4. The Balaban J connectivity index is 4.28. The summed E-state index contributed by atoms with van der Waals surface area (Å²) in [6, 6.07) is 0.0576. The number of hydrogen-bond acceptors (Lipinski definition) is 6. The first-order valence-corrected chi connectivity index (χ1v) is 6.04. The van der Waals surface area contributed by atoms with Crippen LogP contribution in [0.1, 0.15) is 20.3 Å². The molecule has 0 spiro atoms. The summed E-state index contributed by atoms with van der Waals surface area (Å²) in [6.45, 7) is 3.89. The Kier molecular flexibility index (Phi) is 8.52. The fourth-order valence-corrected chi connectivity index (χ4v) is 1.36. The standard InChI is InChI=1S/C12H22N2O5/c1-9(2)13-10(15)5-6-14(7-11(16)18-3)8-12(17)19-4/h9H,5-8H2,1-4H3,(H,13,15). The lowest BCUT2D eigenvalue weighted by Crippen LogP contribution is -2.39. The third kappa shape index (κ3) is 9.01. The highest BCUT2D eigenvalue weighted by molar-refractivity contribution is 5.77. The van der Waals surface area contributed by atoms with Crippen LogP contribution in [0.2, 0.25) is 0 Å². The molecule has 0 unspecified atom stereocenters. The average molecular weight is 274 g/mol. The second kappa shape index (κ2) is 9.32. The van der Waals surface area contributed by atoms with Crippen molar-refractivity contribution in [1.82, 2.24) is 10.2 Å². The SMILES string of the molecule is COC(=O)CN(CCC(=O)NC(C)C)CC(=O)OC. The number of nitrogens with zero attached hydrogens (tertiary/aromatic N) is 1. The Morgan fingerprint density at radius 2 is 1.53 bits per heavy atom. The van der Waals surface area contributed by atoms with Gasteiger partial charge in [-0.05, 0) is 13.8 Å². The molecule has 0 aliphatic carbocycles. The van der Waals surface area contributed by atoms with E-state index in [0.29, 0.717) is 0 Å². The highest BCUT2D eigenvalue weighted by atomic mass is 16.5. The summed E-state index contributed by atoms with van der Waals surface area (Å²) in [5.41, 5.74) is 0. The van der Waals surface area contributed by atoms with Gasteiger partial charge < -0.3 is 14.8 Å². The van der Waals surface area contributed by atoms with Crippen LogP contribution in [-0.2, 0) is 23.9 Å². The van der Waals surface area contributed by atoms with E-state index in [1.165, 1.54) is 19.1 Å². The molecule has 0 saturated heterocycles. The van der Waals surface area contributed by atoms with E-state index in [-0.39, 0.29) is 38.0 Å². The molecular weight excluding hydrogens is 252 g/mol. The molecule has 7 heteroatoms. The number of nitrogens with one attached hydrogen (secondary N) is 1. The van der Waals surface area contributed by atoms with Gasteiger partial charge in [-0.1, -0.05) is 0 Å². The topological polar surface area (TPSA) is 84.9 Å². The lowest BCUT2D eigenvalue weighted by Gasteiger charge is -2.19. The quantitative estimate of drug-likeness (QED) is 0.603. The molecule has 110 valence electrons. The fourth-order valence-electron chi connectivity index (χ4n) is 1.36. The predicted molar refractivity (Wildman–Crippen MR) is 68.4 cm³/mol. The Bertz CT molecular complexity index is 299. The van der Waals surface area contributed by atoms with Gasteiger partial charge in [-0.3, -0.25) is 19.3 Å². The van der Waals surface area contributed by atoms with E-state index < -0.39 is 11.9 Å². The summed E-state index contributed by atoms with van der Waals surface area (Å²) in [4.78, 5) is 35.4. The van der Waals surface area contributed by atoms with Gasteiger partial charge >= 0.3 is 11.9 Å². The van der Waals surface area contributed by atoms with Crippen molar-refractivity contribution >= 4 is 17.8 Å². The number of methoxy groups -OCH3 is 2. The number of rotatable bonds is 8. The highest BCUT2D eigenvalue weighted by Gasteiger charge is 2.16. The molecule has 0 rings (SSSR count). The van der Waals surface area contributed by atoms with Crippen molar-refractivity contribution in [3.8, 4) is 0 Å². The largest absolute Gasteiger partial charge is 0.468 e. The summed E-state index contributed by atoms with van der Waals surface area (Å²) in [6.07, 6.45) is 0.201. The Labute approximate surface area is 113 Å². The number of hydrogen-bond donors (Lipinski definition) is 1. The van der Waals surface area contributed by atoms with Crippen LogP contribution < -0.4 is 5.32 Å². The van der Waals surface area contributed by atoms with Crippen LogP contribution in [-0.4, -0.2) is 62.6 Å². The molecule has 0 saturated carbocycles. The fraction of sp³-hybridized carbons (Fsp3) is 0.750. The molecule has 19 heavy (non-hydrogen) atoms. The molecule has 0 aliphatic rings. The molecule has 1 amide bonds. The van der Waals surface area contributed by atoms with E-state index in [2.05, 4.69) is 14.8 Å². The van der Waals surface area contributed by atoms with Crippen LogP contribution in [0.25, 0.3) is 0 Å². The monoisotopic (exact) mass is 274 g/mol. The van der Waals surface area contributed by atoms with Gasteiger partial charge in [-0.2, -0.15) is 0 Å². The van der Waals surface area contributed by atoms with Crippen LogP contribution >= 0.6 is 0 Å². The molecule has 0 bridgehead atoms. The van der Waals surface area contributed by atoms with Crippen molar-refractivity contribution in [3.05, 3.63) is 0 Å². The molecular formula is C12H22N2O5. The summed E-state index contributed by atoms with van der Waals surface area (Å²) in [5.74, 6) is -1.06. The van der Waals surface area contributed by atoms with Gasteiger partial charge in [0.1, 0.15) is 0 Å². The van der Waals surface area contributed by atoms with Crippen molar-refractivity contribution in [2.75, 3.05) is 33.9 Å². The minimum atomic E-state index is -0.465. The van der Waals surface area contributed by atoms with E-state index in [1.807, 2.05) is 13.8 Å². The third-order valence-electron chi connectivity index (χ3n) is 2.27. The molecule has 0 aromatic rings. The number of carbonyl (C=O) groups excluding carboxylic acids is 3. The van der Waals surface area contributed by atoms with E-state index in [1.54, 1.807) is 0 Å². The lowest BCUT2D eigenvalue weighted by atomic mass is 10.3. The molecule has 0 radical (unpaired) electrons. The van der Waals surface area contributed by atoms with Crippen molar-refractivity contribution in [2.45, 2.75) is 26.3 Å². The summed E-state index contributed by atoms with van der Waals surface area (Å²) in [5, 5.41) is 2.73. The Morgan fingerprint density at radius 3 is 1.89 bits per heavy atom. The van der Waals surface area contributed by atoms with E-state index in [9.17, 15) is 14.4 Å². The van der Waals surface area contributed by atoms with E-state index >= 15 is 0 Å². The zero-order valence-electron chi connectivity index (χ0n) is 11.9. The van der Waals surface area contributed by atoms with Gasteiger partial charge in [-0.25, -0.2) is 0 Å². The van der Waals surface area contributed by atoms with Crippen LogP contribution in [0.5, 0.6) is 0 Å². The second-order valence-electron chi connectivity index (χ2n) is 4.34. The van der Waals surface area contributed by atoms with Gasteiger partial charge in [0.2, 0.25) is 5.91 Å². The number of esters is 2. The highest BCUT2D eigenvalue weighted by Crippen LogP contribution is 1.95. The first kappa shape index (κ1) is 17.4. The molecule has 0 aromatic carbocycles. The van der Waals surface area contributed by atoms with Crippen LogP contribution in [0, 0.1) is 0 Å². The lowest BCUT2D eigenvalue weighted by molar-refractivity contribution is -0.146. The smallest absolute Gasteiger partial charge is 0.319 e. The van der Waals surface area contributed by atoms with Gasteiger partial charge in [0.05, 0.1) is 27.3 Å². The summed E-state index contributed by atoms with van der Waals surface area (Å²) in [7, 11) is 2.54. The second-order valence-corrected chi connectivity index (χ2v) is 4.34. The maximum atomic E-state index is 11.5. The summed E-state index contributed by atoms with van der Waals surface area (Å²) >= 11 is 0. The molecule has 0 fully saturated rings. The third-order valence-corrected chi connectivity index (χ3v) is 2.27. The minimum Gasteiger partial charge on any atom is -0.468 e. The van der Waals surface area contributed by atoms with Crippen LogP contribution in [0.3, 0.4) is 0 Å². The maximum absolute atomic E-state index is 11.5. The van der Waals surface area contributed by atoms with Gasteiger partial charge in [0, 0.05) is 19.0 Å². The zero-order valence-corrected chi connectivity index (χ0v) is 11.9.